The molecule has 4 nitrogen and oxygen atoms in total. The van der Waals surface area contributed by atoms with Crippen molar-refractivity contribution in [2.24, 2.45) is 11.8 Å². The second kappa shape index (κ2) is 7.10. The first kappa shape index (κ1) is 13.8. The summed E-state index contributed by atoms with van der Waals surface area (Å²) in [5.41, 5.74) is 0. The quantitative estimate of drug-likeness (QED) is 0.769. The van der Waals surface area contributed by atoms with Gasteiger partial charge in [0.2, 0.25) is 5.91 Å². The van der Waals surface area contributed by atoms with E-state index >= 15 is 0 Å². The van der Waals surface area contributed by atoms with E-state index in [-0.39, 0.29) is 6.61 Å². The largest absolute Gasteiger partial charge is 0.396 e. The average molecular weight is 254 g/mol. The first-order valence-electron chi connectivity index (χ1n) is 7.39. The van der Waals surface area contributed by atoms with Crippen LogP contribution in [0.5, 0.6) is 0 Å². The third-order valence-electron chi connectivity index (χ3n) is 4.34. The number of carbonyl (C=O) groups excluding carboxylic acids is 1. The van der Waals surface area contributed by atoms with Crippen LogP contribution < -0.4 is 5.32 Å². The summed E-state index contributed by atoms with van der Waals surface area (Å²) in [5.74, 6) is 1.54. The monoisotopic (exact) mass is 254 g/mol. The molecule has 2 fully saturated rings. The van der Waals surface area contributed by atoms with E-state index in [0.717, 1.165) is 45.4 Å². The van der Waals surface area contributed by atoms with E-state index in [9.17, 15) is 4.79 Å². The SMILES string of the molecule is O=C(CCC1CCCNC1)N1CCC(CCO)C1. The van der Waals surface area contributed by atoms with Crippen molar-refractivity contribution >= 4 is 5.91 Å². The zero-order valence-electron chi connectivity index (χ0n) is 11.2. The fourth-order valence-electron chi connectivity index (χ4n) is 3.13. The van der Waals surface area contributed by atoms with Crippen molar-refractivity contribution in [2.75, 3.05) is 32.8 Å². The highest BCUT2D eigenvalue weighted by Crippen LogP contribution is 2.22. The lowest BCUT2D eigenvalue weighted by molar-refractivity contribution is -0.130. The Morgan fingerprint density at radius 2 is 2.17 bits per heavy atom. The summed E-state index contributed by atoms with van der Waals surface area (Å²) in [5, 5.41) is 12.3. The van der Waals surface area contributed by atoms with Gasteiger partial charge in [-0.15, -0.1) is 0 Å². The third kappa shape index (κ3) is 3.95. The maximum Gasteiger partial charge on any atom is 0.222 e. The smallest absolute Gasteiger partial charge is 0.222 e. The highest BCUT2D eigenvalue weighted by Gasteiger charge is 2.26. The molecule has 4 heteroatoms. The molecule has 0 spiro atoms. The fraction of sp³-hybridized carbons (Fsp3) is 0.929. The predicted octanol–water partition coefficient (Wildman–Crippen LogP) is 0.997. The molecule has 2 heterocycles. The van der Waals surface area contributed by atoms with Gasteiger partial charge in [-0.05, 0) is 57.0 Å². The van der Waals surface area contributed by atoms with Crippen LogP contribution in [0, 0.1) is 11.8 Å². The Hall–Kier alpha value is -0.610. The molecule has 2 aliphatic rings. The van der Waals surface area contributed by atoms with E-state index in [1.54, 1.807) is 0 Å². The van der Waals surface area contributed by atoms with Crippen molar-refractivity contribution in [3.63, 3.8) is 0 Å². The minimum Gasteiger partial charge on any atom is -0.396 e. The summed E-state index contributed by atoms with van der Waals surface area (Å²) >= 11 is 0. The molecule has 0 saturated carbocycles. The Labute approximate surface area is 110 Å². The van der Waals surface area contributed by atoms with Crippen molar-refractivity contribution in [2.45, 2.75) is 38.5 Å². The van der Waals surface area contributed by atoms with Gasteiger partial charge >= 0.3 is 0 Å². The van der Waals surface area contributed by atoms with Gasteiger partial charge in [-0.2, -0.15) is 0 Å². The minimum atomic E-state index is 0.250. The maximum atomic E-state index is 12.1. The number of nitrogens with one attached hydrogen (secondary N) is 1. The Morgan fingerprint density at radius 3 is 2.89 bits per heavy atom. The van der Waals surface area contributed by atoms with Gasteiger partial charge in [0.1, 0.15) is 0 Å². The molecule has 0 aromatic carbocycles. The summed E-state index contributed by atoms with van der Waals surface area (Å²) in [6.07, 6.45) is 6.17. The van der Waals surface area contributed by atoms with Crippen LogP contribution in [0.25, 0.3) is 0 Å². The predicted molar refractivity (Wildman–Crippen MR) is 71.2 cm³/mol. The topological polar surface area (TPSA) is 52.6 Å². The number of aliphatic hydroxyl groups excluding tert-OH is 1. The van der Waals surface area contributed by atoms with E-state index in [1.165, 1.54) is 12.8 Å². The molecular weight excluding hydrogens is 228 g/mol. The van der Waals surface area contributed by atoms with Gasteiger partial charge < -0.3 is 15.3 Å². The van der Waals surface area contributed by atoms with Crippen LogP contribution in [0.3, 0.4) is 0 Å². The van der Waals surface area contributed by atoms with Crippen molar-refractivity contribution in [1.82, 2.24) is 10.2 Å². The number of hydrogen-bond acceptors (Lipinski definition) is 3. The Morgan fingerprint density at radius 1 is 1.28 bits per heavy atom. The van der Waals surface area contributed by atoms with Crippen LogP contribution in [0.15, 0.2) is 0 Å². The van der Waals surface area contributed by atoms with Gasteiger partial charge in [-0.1, -0.05) is 0 Å². The van der Waals surface area contributed by atoms with E-state index < -0.39 is 0 Å². The van der Waals surface area contributed by atoms with Gasteiger partial charge in [0.25, 0.3) is 0 Å². The lowest BCUT2D eigenvalue weighted by atomic mass is 9.94. The zero-order chi connectivity index (χ0) is 12.8. The fourth-order valence-corrected chi connectivity index (χ4v) is 3.13. The van der Waals surface area contributed by atoms with Gasteiger partial charge in [-0.25, -0.2) is 0 Å². The van der Waals surface area contributed by atoms with Crippen molar-refractivity contribution in [3.8, 4) is 0 Å². The molecule has 2 atom stereocenters. The zero-order valence-corrected chi connectivity index (χ0v) is 11.2. The number of likely N-dealkylation sites (tertiary alicyclic amines) is 1. The van der Waals surface area contributed by atoms with Crippen LogP contribution >= 0.6 is 0 Å². The van der Waals surface area contributed by atoms with E-state index in [2.05, 4.69) is 5.32 Å². The number of hydrogen-bond donors (Lipinski definition) is 2. The van der Waals surface area contributed by atoms with Gasteiger partial charge in [-0.3, -0.25) is 4.79 Å². The van der Waals surface area contributed by atoms with Crippen LogP contribution in [0.4, 0.5) is 0 Å². The summed E-state index contributed by atoms with van der Waals surface area (Å²) in [6, 6.07) is 0. The summed E-state index contributed by atoms with van der Waals surface area (Å²) in [6.45, 7) is 4.23. The number of carbonyl (C=O) groups is 1. The van der Waals surface area contributed by atoms with Gasteiger partial charge in [0.15, 0.2) is 0 Å². The molecule has 18 heavy (non-hydrogen) atoms. The Kier molecular flexibility index (Phi) is 5.45. The Bertz CT molecular complexity index is 265. The lowest BCUT2D eigenvalue weighted by Gasteiger charge is -2.23. The van der Waals surface area contributed by atoms with E-state index in [0.29, 0.717) is 24.2 Å². The molecule has 2 unspecified atom stereocenters. The molecule has 0 aromatic heterocycles. The summed E-state index contributed by atoms with van der Waals surface area (Å²) in [4.78, 5) is 14.1. The van der Waals surface area contributed by atoms with Crippen LogP contribution in [0.1, 0.15) is 38.5 Å². The first-order chi connectivity index (χ1) is 8.79. The molecule has 2 N–H and O–H groups in total. The van der Waals surface area contributed by atoms with Crippen LogP contribution in [0.2, 0.25) is 0 Å². The van der Waals surface area contributed by atoms with Crippen molar-refractivity contribution in [1.29, 1.82) is 0 Å². The first-order valence-corrected chi connectivity index (χ1v) is 7.39. The number of aliphatic hydroxyl groups is 1. The van der Waals surface area contributed by atoms with Crippen LogP contribution in [-0.4, -0.2) is 48.7 Å². The normalized spacial score (nSPS) is 28.6. The third-order valence-corrected chi connectivity index (χ3v) is 4.34. The molecule has 2 aliphatic heterocycles. The molecule has 0 aliphatic carbocycles. The number of rotatable bonds is 5. The number of piperidine rings is 1. The lowest BCUT2D eigenvalue weighted by Crippen LogP contribution is -2.32. The molecule has 1 amide bonds. The number of nitrogens with zero attached hydrogens (tertiary/aromatic N) is 1. The molecule has 0 radical (unpaired) electrons. The summed E-state index contributed by atoms with van der Waals surface area (Å²) < 4.78 is 0. The van der Waals surface area contributed by atoms with Crippen molar-refractivity contribution < 1.29 is 9.90 Å². The van der Waals surface area contributed by atoms with Crippen LogP contribution in [-0.2, 0) is 4.79 Å². The van der Waals surface area contributed by atoms with E-state index in [1.807, 2.05) is 4.90 Å². The molecule has 104 valence electrons. The van der Waals surface area contributed by atoms with Gasteiger partial charge in [0.05, 0.1) is 0 Å². The highest BCUT2D eigenvalue weighted by molar-refractivity contribution is 5.76. The number of amides is 1. The molecular formula is C14H26N2O2. The molecule has 2 rings (SSSR count). The average Bonchev–Trinajstić information content (AvgIpc) is 2.86. The van der Waals surface area contributed by atoms with Crippen molar-refractivity contribution in [3.05, 3.63) is 0 Å². The highest BCUT2D eigenvalue weighted by atomic mass is 16.3. The van der Waals surface area contributed by atoms with E-state index in [4.69, 9.17) is 5.11 Å². The maximum absolute atomic E-state index is 12.1. The second-order valence-corrected chi connectivity index (χ2v) is 5.76. The Balaban J connectivity index is 1.65. The molecule has 0 bridgehead atoms. The second-order valence-electron chi connectivity index (χ2n) is 5.76. The van der Waals surface area contributed by atoms with Gasteiger partial charge in [0, 0.05) is 26.1 Å². The minimum absolute atomic E-state index is 0.250. The molecule has 2 saturated heterocycles. The standard InChI is InChI=1S/C14H26N2O2/c17-9-6-13-5-8-16(11-13)14(18)4-3-12-2-1-7-15-10-12/h12-13,15,17H,1-11H2. The summed E-state index contributed by atoms with van der Waals surface area (Å²) in [7, 11) is 0. The molecule has 0 aromatic rings.